The number of aliphatic hydroxyl groups excluding tert-OH is 1. The second-order valence-corrected chi connectivity index (χ2v) is 4.69. The lowest BCUT2D eigenvalue weighted by molar-refractivity contribution is 0.210. The molecule has 0 radical (unpaired) electrons. The largest absolute Gasteiger partial charge is 0.395 e. The lowest BCUT2D eigenvalue weighted by Gasteiger charge is -2.15. The van der Waals surface area contributed by atoms with E-state index in [0.717, 1.165) is 22.3 Å². The summed E-state index contributed by atoms with van der Waals surface area (Å²) >= 11 is 2.54. The number of likely N-dealkylation sites (tertiary alicyclic amines) is 1. The summed E-state index contributed by atoms with van der Waals surface area (Å²) in [6.45, 7) is 3.68. The van der Waals surface area contributed by atoms with Gasteiger partial charge in [-0.25, -0.2) is 0 Å². The summed E-state index contributed by atoms with van der Waals surface area (Å²) in [5, 5.41) is 8.65. The maximum absolute atomic E-state index is 8.65. The molecule has 0 amide bonds. The highest BCUT2D eigenvalue weighted by atomic mass is 127. The summed E-state index contributed by atoms with van der Waals surface area (Å²) in [5.74, 6) is 1.93. The van der Waals surface area contributed by atoms with E-state index in [9.17, 15) is 0 Å². The third-order valence-corrected chi connectivity index (χ3v) is 4.43. The first-order valence-electron chi connectivity index (χ1n) is 3.80. The Morgan fingerprint density at radius 3 is 2.50 bits per heavy atom. The van der Waals surface area contributed by atoms with Crippen LogP contribution in [0.25, 0.3) is 0 Å². The van der Waals surface area contributed by atoms with Crippen molar-refractivity contribution in [3.63, 3.8) is 0 Å². The second kappa shape index (κ2) is 2.60. The van der Waals surface area contributed by atoms with E-state index in [1.54, 1.807) is 0 Å². The predicted molar refractivity (Wildman–Crippen MR) is 48.3 cm³/mol. The van der Waals surface area contributed by atoms with Crippen molar-refractivity contribution in [2.75, 3.05) is 26.2 Å². The lowest BCUT2D eigenvalue weighted by atomic mass is 10.4. The summed E-state index contributed by atoms with van der Waals surface area (Å²) in [5.41, 5.74) is 0. The number of hydrogen-bond donors (Lipinski definition) is 1. The van der Waals surface area contributed by atoms with Gasteiger partial charge in [-0.2, -0.15) is 0 Å². The van der Waals surface area contributed by atoms with E-state index in [0.29, 0.717) is 6.61 Å². The first-order valence-corrected chi connectivity index (χ1v) is 5.05. The first kappa shape index (κ1) is 7.31. The molecule has 58 valence electrons. The number of alkyl halides is 1. The number of halogens is 1. The van der Waals surface area contributed by atoms with Crippen LogP contribution in [0.4, 0.5) is 0 Å². The molecular weight excluding hydrogens is 241 g/mol. The van der Waals surface area contributed by atoms with Crippen LogP contribution >= 0.6 is 22.6 Å². The standard InChI is InChI=1S/C7H12INO/c8-7-5-3-9(1-2-10)4-6(5)7/h5-7,10H,1-4H2/t5-,6+,7?. The van der Waals surface area contributed by atoms with Gasteiger partial charge in [-0.05, 0) is 11.8 Å². The summed E-state index contributed by atoms with van der Waals surface area (Å²) in [6, 6.07) is 0. The Labute approximate surface area is 74.7 Å². The smallest absolute Gasteiger partial charge is 0.0558 e. The van der Waals surface area contributed by atoms with Crippen molar-refractivity contribution in [1.29, 1.82) is 0 Å². The number of rotatable bonds is 2. The van der Waals surface area contributed by atoms with Crippen LogP contribution in [0.3, 0.4) is 0 Å². The Balaban J connectivity index is 1.79. The molecule has 0 aromatic rings. The molecule has 3 atom stereocenters. The number of piperidine rings is 1. The topological polar surface area (TPSA) is 23.5 Å². The Kier molecular flexibility index (Phi) is 1.90. The van der Waals surface area contributed by atoms with Crippen molar-refractivity contribution >= 4 is 22.6 Å². The highest BCUT2D eigenvalue weighted by Crippen LogP contribution is 2.50. The molecule has 1 heterocycles. The Morgan fingerprint density at radius 1 is 1.40 bits per heavy atom. The number of hydrogen-bond acceptors (Lipinski definition) is 2. The molecule has 1 N–H and O–H groups in total. The van der Waals surface area contributed by atoms with Gasteiger partial charge in [0.1, 0.15) is 0 Å². The maximum Gasteiger partial charge on any atom is 0.0558 e. The van der Waals surface area contributed by atoms with Gasteiger partial charge < -0.3 is 10.0 Å². The zero-order valence-corrected chi connectivity index (χ0v) is 7.99. The van der Waals surface area contributed by atoms with E-state index in [-0.39, 0.29) is 0 Å². The van der Waals surface area contributed by atoms with Gasteiger partial charge in [0.2, 0.25) is 0 Å². The fourth-order valence-corrected chi connectivity index (χ4v) is 3.15. The van der Waals surface area contributed by atoms with Crippen LogP contribution in [0.15, 0.2) is 0 Å². The fourth-order valence-electron chi connectivity index (χ4n) is 1.87. The average molecular weight is 253 g/mol. The van der Waals surface area contributed by atoms with Crippen LogP contribution in [0, 0.1) is 11.8 Å². The van der Waals surface area contributed by atoms with E-state index in [1.165, 1.54) is 13.1 Å². The van der Waals surface area contributed by atoms with Crippen LogP contribution in [0.5, 0.6) is 0 Å². The summed E-state index contributed by atoms with van der Waals surface area (Å²) in [7, 11) is 0. The minimum absolute atomic E-state index is 0.325. The summed E-state index contributed by atoms with van der Waals surface area (Å²) in [6.07, 6.45) is 0. The molecule has 1 aliphatic heterocycles. The number of nitrogens with zero attached hydrogens (tertiary/aromatic N) is 1. The highest BCUT2D eigenvalue weighted by molar-refractivity contribution is 14.1. The van der Waals surface area contributed by atoms with E-state index in [4.69, 9.17) is 5.11 Å². The Hall–Kier alpha value is 0.650. The molecule has 0 aromatic carbocycles. The normalized spacial score (nSPS) is 45.6. The molecule has 2 rings (SSSR count). The molecule has 1 aliphatic carbocycles. The molecule has 0 aromatic heterocycles. The van der Waals surface area contributed by atoms with E-state index in [1.807, 2.05) is 0 Å². The molecular formula is C7H12INO. The van der Waals surface area contributed by atoms with Crippen LogP contribution in [0.1, 0.15) is 0 Å². The first-order chi connectivity index (χ1) is 4.83. The summed E-state index contributed by atoms with van der Waals surface area (Å²) < 4.78 is 0.951. The molecule has 1 saturated heterocycles. The fraction of sp³-hybridized carbons (Fsp3) is 1.00. The molecule has 2 aliphatic rings. The van der Waals surface area contributed by atoms with Gasteiger partial charge in [-0.3, -0.25) is 0 Å². The van der Waals surface area contributed by atoms with E-state index in [2.05, 4.69) is 27.5 Å². The molecule has 3 heteroatoms. The van der Waals surface area contributed by atoms with E-state index >= 15 is 0 Å². The van der Waals surface area contributed by atoms with Gasteiger partial charge in [0.25, 0.3) is 0 Å². The monoisotopic (exact) mass is 253 g/mol. The molecule has 2 fully saturated rings. The number of β-amino-alcohol motifs (C(OH)–C–C–N with tert-alkyl or cyclic N) is 1. The molecule has 0 spiro atoms. The van der Waals surface area contributed by atoms with Gasteiger partial charge in [0.05, 0.1) is 6.61 Å². The van der Waals surface area contributed by atoms with Crippen molar-refractivity contribution in [3.8, 4) is 0 Å². The van der Waals surface area contributed by atoms with Gasteiger partial charge in [0, 0.05) is 23.6 Å². The quantitative estimate of drug-likeness (QED) is 0.566. The SMILES string of the molecule is OCCN1C[C@@H]2C(I)[C@@H]2C1. The Bertz CT molecular complexity index is 130. The van der Waals surface area contributed by atoms with Crippen molar-refractivity contribution in [2.45, 2.75) is 3.92 Å². The molecule has 10 heavy (non-hydrogen) atoms. The zero-order chi connectivity index (χ0) is 7.14. The third-order valence-electron chi connectivity index (χ3n) is 2.58. The van der Waals surface area contributed by atoms with Crippen molar-refractivity contribution < 1.29 is 5.11 Å². The van der Waals surface area contributed by atoms with Crippen LogP contribution in [-0.4, -0.2) is 40.2 Å². The van der Waals surface area contributed by atoms with Crippen LogP contribution < -0.4 is 0 Å². The van der Waals surface area contributed by atoms with Gasteiger partial charge >= 0.3 is 0 Å². The molecule has 0 bridgehead atoms. The number of aliphatic hydroxyl groups is 1. The maximum atomic E-state index is 8.65. The van der Waals surface area contributed by atoms with Crippen molar-refractivity contribution in [1.82, 2.24) is 4.90 Å². The van der Waals surface area contributed by atoms with Crippen LogP contribution in [-0.2, 0) is 0 Å². The van der Waals surface area contributed by atoms with Gasteiger partial charge in [-0.1, -0.05) is 22.6 Å². The van der Waals surface area contributed by atoms with Crippen LogP contribution in [0.2, 0.25) is 0 Å². The second-order valence-electron chi connectivity index (χ2n) is 3.26. The molecule has 1 saturated carbocycles. The third kappa shape index (κ3) is 1.08. The van der Waals surface area contributed by atoms with Gasteiger partial charge in [0.15, 0.2) is 0 Å². The average Bonchev–Trinajstić information content (AvgIpc) is 2.44. The van der Waals surface area contributed by atoms with Gasteiger partial charge in [-0.15, -0.1) is 0 Å². The minimum Gasteiger partial charge on any atom is -0.395 e. The highest BCUT2D eigenvalue weighted by Gasteiger charge is 2.53. The predicted octanol–water partition coefficient (Wildman–Crippen LogP) is 0.344. The molecule has 1 unspecified atom stereocenters. The Morgan fingerprint density at radius 2 is 2.00 bits per heavy atom. The van der Waals surface area contributed by atoms with E-state index < -0.39 is 0 Å². The minimum atomic E-state index is 0.325. The lowest BCUT2D eigenvalue weighted by Crippen LogP contribution is -2.27. The zero-order valence-electron chi connectivity index (χ0n) is 5.83. The molecule has 2 nitrogen and oxygen atoms in total. The van der Waals surface area contributed by atoms with Crippen molar-refractivity contribution in [3.05, 3.63) is 0 Å². The van der Waals surface area contributed by atoms with Crippen molar-refractivity contribution in [2.24, 2.45) is 11.8 Å². The summed E-state index contributed by atoms with van der Waals surface area (Å²) in [4.78, 5) is 2.37. The number of fused-ring (bicyclic) bond motifs is 1.